The maximum Gasteiger partial charge on any atom is 0.410 e. The molecule has 0 unspecified atom stereocenters. The average molecular weight is 823 g/mol. The number of benzene rings is 2. The van der Waals surface area contributed by atoms with Crippen LogP contribution in [0.1, 0.15) is 91.1 Å². The standard InChI is InChI=1S/C46H58N6O6S/c1-44(2,3)57-42(53)50(23-20-31-16-11-9-12-17-31)21-15-22-51(43(54)58-45(4,5)6)28-33-25-37(40-39(33)55-46(7,8)56-40)52-29-36(35-27-47-30-48-41(35)52)38-26-34(49-59-38)24-32-18-13-10-14-19-32/h9-14,16-19,26-27,29-30,33,37,39-40H,15,20-25,28H2,1-8H3/t33-,37-,39-,40+/m1/s1. The lowest BCUT2D eigenvalue weighted by Crippen LogP contribution is -2.44. The van der Waals surface area contributed by atoms with Crippen LogP contribution in [0.3, 0.4) is 0 Å². The van der Waals surface area contributed by atoms with Crippen LogP contribution in [0.15, 0.2) is 85.5 Å². The van der Waals surface area contributed by atoms with E-state index in [2.05, 4.69) is 46.1 Å². The molecule has 59 heavy (non-hydrogen) atoms. The van der Waals surface area contributed by atoms with Gasteiger partial charge in [-0.3, -0.25) is 0 Å². The Balaban J connectivity index is 1.12. The molecule has 314 valence electrons. The molecule has 1 saturated heterocycles. The van der Waals surface area contributed by atoms with Gasteiger partial charge in [-0.2, -0.15) is 4.37 Å². The number of carbonyl (C=O) groups is 2. The molecule has 12 nitrogen and oxygen atoms in total. The summed E-state index contributed by atoms with van der Waals surface area (Å²) >= 11 is 1.48. The number of fused-ring (bicyclic) bond motifs is 2. The van der Waals surface area contributed by atoms with Crippen molar-refractivity contribution < 1.29 is 28.5 Å². The Hall–Kier alpha value is -4.85. The van der Waals surface area contributed by atoms with E-state index in [0.717, 1.165) is 39.2 Å². The number of ether oxygens (including phenoxy) is 4. The van der Waals surface area contributed by atoms with Crippen molar-refractivity contribution in [2.75, 3.05) is 26.2 Å². The van der Waals surface area contributed by atoms with Gasteiger partial charge in [0.25, 0.3) is 0 Å². The van der Waals surface area contributed by atoms with Gasteiger partial charge in [-0.25, -0.2) is 19.6 Å². The predicted molar refractivity (Wildman–Crippen MR) is 229 cm³/mol. The summed E-state index contributed by atoms with van der Waals surface area (Å²) in [6.07, 6.45) is 6.92. The van der Waals surface area contributed by atoms with E-state index in [0.29, 0.717) is 45.4 Å². The molecule has 3 aromatic heterocycles. The second kappa shape index (κ2) is 17.4. The smallest absolute Gasteiger partial charge is 0.410 e. The number of hydrogen-bond acceptors (Lipinski definition) is 10. The zero-order valence-corrected chi connectivity index (χ0v) is 36.4. The average Bonchev–Trinajstić information content (AvgIpc) is 3.94. The van der Waals surface area contributed by atoms with Crippen molar-refractivity contribution >= 4 is 34.8 Å². The largest absolute Gasteiger partial charge is 0.444 e. The number of rotatable bonds is 13. The van der Waals surface area contributed by atoms with Crippen LogP contribution < -0.4 is 0 Å². The summed E-state index contributed by atoms with van der Waals surface area (Å²) in [6.45, 7) is 16.8. The number of hydrogen-bond donors (Lipinski definition) is 0. The fourth-order valence-corrected chi connectivity index (χ4v) is 8.90. The Morgan fingerprint density at radius 2 is 1.49 bits per heavy atom. The topological polar surface area (TPSA) is 121 Å². The summed E-state index contributed by atoms with van der Waals surface area (Å²) in [5.41, 5.74) is 3.86. The number of carbonyl (C=O) groups excluding carboxylic acids is 2. The Morgan fingerprint density at radius 3 is 2.17 bits per heavy atom. The summed E-state index contributed by atoms with van der Waals surface area (Å²) < 4.78 is 32.2. The molecule has 2 aromatic carbocycles. The number of aromatic nitrogens is 4. The molecule has 1 saturated carbocycles. The van der Waals surface area contributed by atoms with Crippen molar-refractivity contribution in [2.45, 2.75) is 116 Å². The first kappa shape index (κ1) is 42.3. The highest BCUT2D eigenvalue weighted by atomic mass is 32.1. The third-order valence-electron chi connectivity index (χ3n) is 10.6. The molecule has 0 N–H and O–H groups in total. The molecule has 1 aliphatic carbocycles. The molecular weight excluding hydrogens is 765 g/mol. The Bertz CT molecular complexity index is 2190. The van der Waals surface area contributed by atoms with E-state index in [9.17, 15) is 9.59 Å². The van der Waals surface area contributed by atoms with E-state index in [-0.39, 0.29) is 30.3 Å². The van der Waals surface area contributed by atoms with Crippen LogP contribution in [0.25, 0.3) is 21.5 Å². The highest BCUT2D eigenvalue weighted by Gasteiger charge is 2.55. The van der Waals surface area contributed by atoms with Gasteiger partial charge in [-0.05, 0) is 103 Å². The van der Waals surface area contributed by atoms with Gasteiger partial charge in [-0.1, -0.05) is 60.7 Å². The lowest BCUT2D eigenvalue weighted by Gasteiger charge is -2.32. The lowest BCUT2D eigenvalue weighted by molar-refractivity contribution is -0.160. The SMILES string of the molecule is CC(C)(C)OC(=O)N(CCCN(C[C@H]1C[C@@H](n2cc(-c3cc(Cc4ccccc4)ns3)c3cncnc32)[C@@H]2OC(C)(C)O[C@H]12)C(=O)OC(C)(C)C)CCc1ccccc1. The van der Waals surface area contributed by atoms with E-state index in [1.165, 1.54) is 17.1 Å². The van der Waals surface area contributed by atoms with Crippen LogP contribution in [-0.4, -0.2) is 96.3 Å². The van der Waals surface area contributed by atoms with E-state index in [1.807, 2.05) is 98.0 Å². The second-order valence-corrected chi connectivity index (χ2v) is 19.0. The van der Waals surface area contributed by atoms with Crippen molar-refractivity contribution in [3.05, 3.63) is 102 Å². The highest BCUT2D eigenvalue weighted by Crippen LogP contribution is 2.49. The molecule has 2 fully saturated rings. The molecule has 0 bridgehead atoms. The van der Waals surface area contributed by atoms with Crippen LogP contribution >= 0.6 is 11.5 Å². The molecular formula is C46H58N6O6S. The van der Waals surface area contributed by atoms with Crippen molar-refractivity contribution in [1.82, 2.24) is 28.7 Å². The van der Waals surface area contributed by atoms with Crippen LogP contribution in [0.5, 0.6) is 0 Å². The van der Waals surface area contributed by atoms with E-state index in [1.54, 1.807) is 16.1 Å². The van der Waals surface area contributed by atoms with Crippen molar-refractivity contribution in [1.29, 1.82) is 0 Å². The second-order valence-electron chi connectivity index (χ2n) is 18.2. The Morgan fingerprint density at radius 1 is 0.864 bits per heavy atom. The van der Waals surface area contributed by atoms with Gasteiger partial charge in [0.1, 0.15) is 29.3 Å². The van der Waals surface area contributed by atoms with Gasteiger partial charge >= 0.3 is 12.2 Å². The third kappa shape index (κ3) is 10.7. The van der Waals surface area contributed by atoms with Crippen molar-refractivity contribution in [3.8, 4) is 10.4 Å². The maximum atomic E-state index is 14.0. The Kier molecular flexibility index (Phi) is 12.5. The van der Waals surface area contributed by atoms with Crippen LogP contribution in [0.2, 0.25) is 0 Å². The maximum absolute atomic E-state index is 14.0. The molecule has 4 atom stereocenters. The molecule has 2 aliphatic rings. The first-order valence-electron chi connectivity index (χ1n) is 20.7. The monoisotopic (exact) mass is 822 g/mol. The zero-order valence-electron chi connectivity index (χ0n) is 35.6. The molecule has 2 amide bonds. The van der Waals surface area contributed by atoms with Crippen molar-refractivity contribution in [2.24, 2.45) is 5.92 Å². The predicted octanol–water partition coefficient (Wildman–Crippen LogP) is 9.33. The number of nitrogens with zero attached hydrogens (tertiary/aromatic N) is 6. The van der Waals surface area contributed by atoms with Gasteiger partial charge < -0.3 is 33.3 Å². The first-order chi connectivity index (χ1) is 28.0. The summed E-state index contributed by atoms with van der Waals surface area (Å²) in [4.78, 5) is 41.2. The van der Waals surface area contributed by atoms with E-state index < -0.39 is 23.1 Å². The normalized spacial score (nSPS) is 20.1. The quantitative estimate of drug-likeness (QED) is 0.114. The Labute approximate surface area is 352 Å². The third-order valence-corrected chi connectivity index (χ3v) is 11.4. The fraction of sp³-hybridized carbons (Fsp3) is 0.500. The zero-order chi connectivity index (χ0) is 42.0. The lowest BCUT2D eigenvalue weighted by atomic mass is 10.0. The van der Waals surface area contributed by atoms with E-state index >= 15 is 0 Å². The minimum Gasteiger partial charge on any atom is -0.444 e. The molecule has 13 heteroatoms. The van der Waals surface area contributed by atoms with Gasteiger partial charge in [-0.15, -0.1) is 0 Å². The van der Waals surface area contributed by atoms with Gasteiger partial charge in [0, 0.05) is 61.9 Å². The highest BCUT2D eigenvalue weighted by molar-refractivity contribution is 7.09. The molecule has 4 heterocycles. The van der Waals surface area contributed by atoms with Crippen LogP contribution in [-0.2, 0) is 31.8 Å². The van der Waals surface area contributed by atoms with Gasteiger partial charge in [0.15, 0.2) is 5.79 Å². The van der Waals surface area contributed by atoms with Gasteiger partial charge in [0.2, 0.25) is 0 Å². The fourth-order valence-electron chi connectivity index (χ4n) is 8.12. The molecule has 5 aromatic rings. The van der Waals surface area contributed by atoms with E-state index in [4.69, 9.17) is 28.3 Å². The minimum absolute atomic E-state index is 0.0806. The minimum atomic E-state index is -0.819. The van der Waals surface area contributed by atoms with Crippen LogP contribution in [0, 0.1) is 5.92 Å². The summed E-state index contributed by atoms with van der Waals surface area (Å²) in [5.74, 6) is -0.900. The number of amides is 2. The molecule has 1 aliphatic heterocycles. The summed E-state index contributed by atoms with van der Waals surface area (Å²) in [6, 6.07) is 22.5. The first-order valence-corrected chi connectivity index (χ1v) is 21.4. The summed E-state index contributed by atoms with van der Waals surface area (Å²) in [5, 5.41) is 0.942. The molecule has 0 radical (unpaired) electrons. The van der Waals surface area contributed by atoms with Crippen LogP contribution in [0.4, 0.5) is 9.59 Å². The van der Waals surface area contributed by atoms with Gasteiger partial charge in [0.05, 0.1) is 22.7 Å². The van der Waals surface area contributed by atoms with Crippen molar-refractivity contribution in [3.63, 3.8) is 0 Å². The molecule has 0 spiro atoms. The molecule has 7 rings (SSSR count). The summed E-state index contributed by atoms with van der Waals surface area (Å²) in [7, 11) is 0.